The molecular formula is C15H24O2. The molecule has 3 saturated carbocycles. The Morgan fingerprint density at radius 3 is 2.12 bits per heavy atom. The predicted octanol–water partition coefficient (Wildman–Crippen LogP) is 4.01. The summed E-state index contributed by atoms with van der Waals surface area (Å²) in [5, 5.41) is 9.04. The molecule has 0 spiro atoms. The Hall–Kier alpha value is -0.790. The van der Waals surface area contributed by atoms with Crippen LogP contribution in [0.4, 0.5) is 0 Å². The van der Waals surface area contributed by atoms with E-state index in [-0.39, 0.29) is 5.41 Å². The third kappa shape index (κ3) is 2.14. The van der Waals surface area contributed by atoms with Crippen molar-refractivity contribution in [3.05, 3.63) is 11.6 Å². The zero-order valence-electron chi connectivity index (χ0n) is 11.3. The van der Waals surface area contributed by atoms with Gasteiger partial charge in [-0.15, -0.1) is 0 Å². The van der Waals surface area contributed by atoms with Gasteiger partial charge in [0, 0.05) is 5.57 Å². The summed E-state index contributed by atoms with van der Waals surface area (Å²) in [4.78, 5) is 11.0. The van der Waals surface area contributed by atoms with Crippen molar-refractivity contribution in [2.45, 2.75) is 59.3 Å². The van der Waals surface area contributed by atoms with Crippen molar-refractivity contribution in [2.24, 2.45) is 16.7 Å². The summed E-state index contributed by atoms with van der Waals surface area (Å²) >= 11 is 0. The lowest BCUT2D eigenvalue weighted by atomic mass is 9.50. The molecule has 2 bridgehead atoms. The van der Waals surface area contributed by atoms with Gasteiger partial charge in [0.1, 0.15) is 0 Å². The summed E-state index contributed by atoms with van der Waals surface area (Å²) in [6.07, 6.45) is 9.91. The maximum atomic E-state index is 11.0. The number of fused-ring (bicyclic) bond motifs is 3. The van der Waals surface area contributed by atoms with Crippen molar-refractivity contribution in [1.82, 2.24) is 0 Å². The van der Waals surface area contributed by atoms with Gasteiger partial charge in [-0.2, -0.15) is 0 Å². The minimum Gasteiger partial charge on any atom is -0.478 e. The zero-order valence-corrected chi connectivity index (χ0v) is 11.3. The summed E-state index contributed by atoms with van der Waals surface area (Å²) < 4.78 is 0. The van der Waals surface area contributed by atoms with Gasteiger partial charge in [-0.3, -0.25) is 0 Å². The maximum Gasteiger partial charge on any atom is 0.330 e. The van der Waals surface area contributed by atoms with Crippen molar-refractivity contribution < 1.29 is 9.90 Å². The van der Waals surface area contributed by atoms with Gasteiger partial charge in [-0.05, 0) is 62.2 Å². The molecule has 0 atom stereocenters. The molecule has 0 aromatic carbocycles. The van der Waals surface area contributed by atoms with Crippen LogP contribution in [0.5, 0.6) is 0 Å². The number of allylic oxidation sites excluding steroid dienone is 1. The summed E-state index contributed by atoms with van der Waals surface area (Å²) in [5.41, 5.74) is 0.872. The second-order valence-electron chi connectivity index (χ2n) is 6.62. The third-order valence-electron chi connectivity index (χ3n) is 5.37. The molecule has 17 heavy (non-hydrogen) atoms. The van der Waals surface area contributed by atoms with Gasteiger partial charge < -0.3 is 5.11 Å². The lowest BCUT2D eigenvalue weighted by Gasteiger charge is -2.54. The van der Waals surface area contributed by atoms with Crippen molar-refractivity contribution in [3.8, 4) is 0 Å². The summed E-state index contributed by atoms with van der Waals surface area (Å²) in [6.45, 7) is 6.17. The summed E-state index contributed by atoms with van der Waals surface area (Å²) in [7, 11) is 0. The number of carboxylic acid groups (broad SMARTS) is 1. The van der Waals surface area contributed by atoms with E-state index in [1.165, 1.54) is 38.5 Å². The van der Waals surface area contributed by atoms with E-state index in [0.717, 1.165) is 5.92 Å². The number of rotatable bonds is 3. The van der Waals surface area contributed by atoms with Gasteiger partial charge in [-0.25, -0.2) is 4.79 Å². The normalized spacial score (nSPS) is 33.8. The van der Waals surface area contributed by atoms with E-state index < -0.39 is 5.97 Å². The smallest absolute Gasteiger partial charge is 0.330 e. The molecule has 96 valence electrons. The van der Waals surface area contributed by atoms with Crippen LogP contribution < -0.4 is 0 Å². The molecule has 3 rings (SSSR count). The highest BCUT2D eigenvalue weighted by Gasteiger charge is 2.48. The fourth-order valence-corrected chi connectivity index (χ4v) is 3.97. The number of hydrogen-bond acceptors (Lipinski definition) is 1. The second kappa shape index (κ2) is 4.15. The fraction of sp³-hybridized carbons (Fsp3) is 0.800. The van der Waals surface area contributed by atoms with E-state index in [1.807, 2.05) is 6.08 Å². The molecule has 0 heterocycles. The fourth-order valence-electron chi connectivity index (χ4n) is 3.97. The minimum absolute atomic E-state index is 0.0147. The van der Waals surface area contributed by atoms with Crippen LogP contribution in [0.3, 0.4) is 0 Å². The average Bonchev–Trinajstić information content (AvgIpc) is 2.30. The molecule has 0 amide bonds. The zero-order chi connectivity index (χ0) is 12.7. The van der Waals surface area contributed by atoms with Gasteiger partial charge >= 0.3 is 5.97 Å². The first-order chi connectivity index (χ1) is 7.86. The molecule has 0 aromatic rings. The lowest BCUT2D eigenvalue weighted by molar-refractivity contribution is -0.132. The quantitative estimate of drug-likeness (QED) is 0.752. The van der Waals surface area contributed by atoms with E-state index in [0.29, 0.717) is 11.0 Å². The average molecular weight is 236 g/mol. The van der Waals surface area contributed by atoms with Crippen molar-refractivity contribution in [1.29, 1.82) is 0 Å². The van der Waals surface area contributed by atoms with Crippen LogP contribution >= 0.6 is 0 Å². The molecule has 1 N–H and O–H groups in total. The lowest BCUT2D eigenvalue weighted by Crippen LogP contribution is -2.44. The predicted molar refractivity (Wildman–Crippen MR) is 68.8 cm³/mol. The number of carboxylic acids is 1. The van der Waals surface area contributed by atoms with Crippen molar-refractivity contribution in [2.75, 3.05) is 0 Å². The summed E-state index contributed by atoms with van der Waals surface area (Å²) in [5.74, 6) is 0.177. The topological polar surface area (TPSA) is 37.3 Å². The maximum absolute atomic E-state index is 11.0. The van der Waals surface area contributed by atoms with Crippen LogP contribution in [0.15, 0.2) is 11.6 Å². The SMILES string of the molecule is CC(=CC(C)(C)C12CCC(CC1)CC2)C(=O)O. The Morgan fingerprint density at radius 2 is 1.71 bits per heavy atom. The standard InChI is InChI=1S/C15H24O2/c1-11(13(16)17)10-14(2,3)15-7-4-12(5-8-15)6-9-15/h10,12H,4-9H2,1-3H3,(H,16,17). The van der Waals surface area contributed by atoms with Crippen LogP contribution in [-0.2, 0) is 4.79 Å². The van der Waals surface area contributed by atoms with Crippen LogP contribution in [0.1, 0.15) is 59.3 Å². The second-order valence-corrected chi connectivity index (χ2v) is 6.62. The van der Waals surface area contributed by atoms with E-state index in [1.54, 1.807) is 6.92 Å². The number of aliphatic carboxylic acids is 1. The first-order valence-electron chi connectivity index (χ1n) is 6.79. The minimum atomic E-state index is -0.779. The van der Waals surface area contributed by atoms with Crippen LogP contribution in [0.2, 0.25) is 0 Å². The highest BCUT2D eigenvalue weighted by molar-refractivity contribution is 5.85. The van der Waals surface area contributed by atoms with Crippen molar-refractivity contribution in [3.63, 3.8) is 0 Å². The Labute approximate surface area is 104 Å². The van der Waals surface area contributed by atoms with E-state index in [4.69, 9.17) is 5.11 Å². The molecule has 3 fully saturated rings. The number of hydrogen-bond donors (Lipinski definition) is 1. The molecule has 2 nitrogen and oxygen atoms in total. The molecular weight excluding hydrogens is 212 g/mol. The molecule has 3 aliphatic carbocycles. The van der Waals surface area contributed by atoms with E-state index >= 15 is 0 Å². The Morgan fingerprint density at radius 1 is 1.24 bits per heavy atom. The van der Waals surface area contributed by atoms with Gasteiger partial charge in [0.25, 0.3) is 0 Å². The number of carbonyl (C=O) groups is 1. The van der Waals surface area contributed by atoms with E-state index in [2.05, 4.69) is 13.8 Å². The molecule has 2 heteroatoms. The van der Waals surface area contributed by atoms with Crippen LogP contribution in [0, 0.1) is 16.7 Å². The van der Waals surface area contributed by atoms with Gasteiger partial charge in [0.05, 0.1) is 0 Å². The molecule has 0 saturated heterocycles. The highest BCUT2D eigenvalue weighted by Crippen LogP contribution is 2.59. The molecule has 0 aromatic heterocycles. The molecule has 0 aliphatic heterocycles. The highest BCUT2D eigenvalue weighted by atomic mass is 16.4. The molecule has 0 radical (unpaired) electrons. The first-order valence-corrected chi connectivity index (χ1v) is 6.79. The van der Waals surface area contributed by atoms with Gasteiger partial charge in [-0.1, -0.05) is 19.9 Å². The molecule has 0 unspecified atom stereocenters. The third-order valence-corrected chi connectivity index (χ3v) is 5.37. The largest absolute Gasteiger partial charge is 0.478 e. The molecule has 3 aliphatic rings. The Kier molecular flexibility index (Phi) is 3.09. The van der Waals surface area contributed by atoms with E-state index in [9.17, 15) is 4.79 Å². The Balaban J connectivity index is 2.25. The first kappa shape index (κ1) is 12.7. The van der Waals surface area contributed by atoms with Crippen LogP contribution in [-0.4, -0.2) is 11.1 Å². The van der Waals surface area contributed by atoms with Crippen LogP contribution in [0.25, 0.3) is 0 Å². The monoisotopic (exact) mass is 236 g/mol. The van der Waals surface area contributed by atoms with Crippen molar-refractivity contribution >= 4 is 5.97 Å². The Bertz CT molecular complexity index is 330. The van der Waals surface area contributed by atoms with Gasteiger partial charge in [0.2, 0.25) is 0 Å². The van der Waals surface area contributed by atoms with Gasteiger partial charge in [0.15, 0.2) is 0 Å². The summed E-state index contributed by atoms with van der Waals surface area (Å²) in [6, 6.07) is 0.